The maximum Gasteiger partial charge on any atom is 0.695 e. The summed E-state index contributed by atoms with van der Waals surface area (Å²) in [5.74, 6) is 0.0558. The van der Waals surface area contributed by atoms with Crippen molar-refractivity contribution < 1.29 is 28.6 Å². The van der Waals surface area contributed by atoms with Crippen molar-refractivity contribution in [3.63, 3.8) is 0 Å². The molecule has 0 bridgehead atoms. The summed E-state index contributed by atoms with van der Waals surface area (Å²) in [5, 5.41) is 9.41. The molecule has 5 atom stereocenters. The molecule has 0 amide bonds. The van der Waals surface area contributed by atoms with Crippen molar-refractivity contribution in [3.8, 4) is 0 Å². The SMILES string of the molecule is CCCOC1[C@@H](O[P+](=O)O)[C@@H](CO)O[C@H]1n1ccc(N)nc1=O. The summed E-state index contributed by atoms with van der Waals surface area (Å²) in [5.41, 5.74) is 4.79. The third kappa shape index (κ3) is 4.11. The molecule has 1 aromatic heterocycles. The lowest BCUT2D eigenvalue weighted by Crippen LogP contribution is -2.39. The Balaban J connectivity index is 2.35. The van der Waals surface area contributed by atoms with E-state index in [0.717, 1.165) is 4.57 Å². The number of nitrogens with two attached hydrogens (primary N) is 1. The summed E-state index contributed by atoms with van der Waals surface area (Å²) < 4.78 is 28.3. The number of anilines is 1. The zero-order chi connectivity index (χ0) is 17.0. The van der Waals surface area contributed by atoms with E-state index in [1.54, 1.807) is 0 Å². The second-order valence-electron chi connectivity index (χ2n) is 4.93. The zero-order valence-corrected chi connectivity index (χ0v) is 13.3. The normalized spacial score (nSPS) is 28.0. The first-order valence-corrected chi connectivity index (χ1v) is 8.16. The molecule has 1 aliphatic rings. The van der Waals surface area contributed by atoms with Crippen molar-refractivity contribution >= 4 is 14.1 Å². The highest BCUT2D eigenvalue weighted by Crippen LogP contribution is 2.37. The fraction of sp³-hybridized carbons (Fsp3) is 0.667. The largest absolute Gasteiger partial charge is 0.695 e. The van der Waals surface area contributed by atoms with Crippen LogP contribution < -0.4 is 11.4 Å². The van der Waals surface area contributed by atoms with Crippen molar-refractivity contribution in [1.82, 2.24) is 9.55 Å². The number of rotatable bonds is 7. The van der Waals surface area contributed by atoms with Crippen molar-refractivity contribution in [3.05, 3.63) is 22.7 Å². The molecule has 2 unspecified atom stereocenters. The van der Waals surface area contributed by atoms with Crippen LogP contribution in [0.15, 0.2) is 17.1 Å². The lowest BCUT2D eigenvalue weighted by atomic mass is 10.1. The second-order valence-corrected chi connectivity index (χ2v) is 5.62. The zero-order valence-electron chi connectivity index (χ0n) is 12.4. The first-order chi connectivity index (χ1) is 11.0. The van der Waals surface area contributed by atoms with Gasteiger partial charge >= 0.3 is 13.9 Å². The van der Waals surface area contributed by atoms with E-state index in [4.69, 9.17) is 24.6 Å². The first kappa shape index (κ1) is 17.9. The summed E-state index contributed by atoms with van der Waals surface area (Å²) >= 11 is 0. The highest BCUT2D eigenvalue weighted by molar-refractivity contribution is 7.32. The number of nitrogens with zero attached hydrogens (tertiary/aromatic N) is 2. The van der Waals surface area contributed by atoms with E-state index in [9.17, 15) is 14.5 Å². The fourth-order valence-electron chi connectivity index (χ4n) is 2.36. The summed E-state index contributed by atoms with van der Waals surface area (Å²) in [6, 6.07) is 1.41. The van der Waals surface area contributed by atoms with Crippen LogP contribution in [0.5, 0.6) is 0 Å². The Morgan fingerprint density at radius 1 is 1.52 bits per heavy atom. The molecule has 128 valence electrons. The van der Waals surface area contributed by atoms with Crippen LogP contribution in [0, 0.1) is 0 Å². The van der Waals surface area contributed by atoms with Crippen LogP contribution in [0.2, 0.25) is 0 Å². The summed E-state index contributed by atoms with van der Waals surface area (Å²) in [6.07, 6.45) is -1.68. The monoisotopic (exact) mass is 348 g/mol. The van der Waals surface area contributed by atoms with E-state index >= 15 is 0 Å². The molecule has 1 fully saturated rings. The summed E-state index contributed by atoms with van der Waals surface area (Å²) in [4.78, 5) is 24.6. The van der Waals surface area contributed by atoms with Crippen molar-refractivity contribution in [1.29, 1.82) is 0 Å². The van der Waals surface area contributed by atoms with Gasteiger partial charge in [0.1, 0.15) is 18.0 Å². The quantitative estimate of drug-likeness (QED) is 0.557. The molecule has 1 aromatic rings. The maximum absolute atomic E-state index is 12.0. The smallest absolute Gasteiger partial charge is 0.394 e. The molecule has 0 saturated carbocycles. The van der Waals surface area contributed by atoms with Crippen LogP contribution in [0.3, 0.4) is 0 Å². The summed E-state index contributed by atoms with van der Waals surface area (Å²) in [7, 11) is -2.93. The highest BCUT2D eigenvalue weighted by Gasteiger charge is 2.51. The van der Waals surface area contributed by atoms with Gasteiger partial charge in [-0.05, 0) is 12.5 Å². The third-order valence-corrected chi connectivity index (χ3v) is 3.74. The molecule has 0 spiro atoms. The predicted octanol–water partition coefficient (Wildman–Crippen LogP) is -0.455. The molecule has 2 heterocycles. The topological polar surface area (TPSA) is 146 Å². The molecule has 0 aliphatic carbocycles. The minimum absolute atomic E-state index is 0.0558. The molecule has 1 aliphatic heterocycles. The Morgan fingerprint density at radius 3 is 2.83 bits per heavy atom. The lowest BCUT2D eigenvalue weighted by molar-refractivity contribution is -0.0736. The van der Waals surface area contributed by atoms with Gasteiger partial charge in [-0.2, -0.15) is 4.98 Å². The molecule has 23 heavy (non-hydrogen) atoms. The van der Waals surface area contributed by atoms with Crippen LogP contribution in [-0.2, 0) is 18.6 Å². The molecular formula is C12H19N3O7P+. The van der Waals surface area contributed by atoms with Gasteiger partial charge in [-0.1, -0.05) is 6.92 Å². The standard InChI is InChI=1S/C12H18N3O7P/c1-2-5-20-10-9(22-23(18)19)7(6-16)21-11(10)15-4-3-8(13)14-12(15)17/h3-4,7,9-11,16H,2,5-6H2,1H3,(H2-,13,14,17,18,19)/p+1/t7-,9+,10?,11-/m1/s1. The van der Waals surface area contributed by atoms with E-state index in [1.807, 2.05) is 6.92 Å². The molecule has 0 radical (unpaired) electrons. The Morgan fingerprint density at radius 2 is 2.26 bits per heavy atom. The van der Waals surface area contributed by atoms with E-state index < -0.39 is 45.1 Å². The lowest BCUT2D eigenvalue weighted by Gasteiger charge is -2.21. The van der Waals surface area contributed by atoms with Gasteiger partial charge in [-0.3, -0.25) is 4.57 Å². The van der Waals surface area contributed by atoms with Gasteiger partial charge < -0.3 is 20.3 Å². The Labute approximate surface area is 132 Å². The summed E-state index contributed by atoms with van der Waals surface area (Å²) in [6.45, 7) is 1.74. The van der Waals surface area contributed by atoms with Crippen molar-refractivity contribution in [2.24, 2.45) is 0 Å². The van der Waals surface area contributed by atoms with Crippen molar-refractivity contribution in [2.45, 2.75) is 37.9 Å². The second kappa shape index (κ2) is 7.91. The number of aliphatic hydroxyl groups is 1. The number of aromatic nitrogens is 2. The average Bonchev–Trinajstić information content (AvgIpc) is 2.82. The van der Waals surface area contributed by atoms with Crippen molar-refractivity contribution in [2.75, 3.05) is 18.9 Å². The minimum Gasteiger partial charge on any atom is -0.394 e. The molecule has 2 rings (SSSR count). The molecule has 0 aromatic carbocycles. The van der Waals surface area contributed by atoms with Gasteiger partial charge in [0.05, 0.1) is 6.61 Å². The van der Waals surface area contributed by atoms with Gasteiger partial charge in [-0.15, -0.1) is 9.42 Å². The molecular weight excluding hydrogens is 329 g/mol. The Hall–Kier alpha value is -1.42. The van der Waals surface area contributed by atoms with Crippen LogP contribution in [0.25, 0.3) is 0 Å². The number of aliphatic hydroxyl groups excluding tert-OH is 1. The minimum atomic E-state index is -2.93. The van der Waals surface area contributed by atoms with Crippen LogP contribution in [0.4, 0.5) is 5.82 Å². The van der Waals surface area contributed by atoms with Crippen LogP contribution in [0.1, 0.15) is 19.6 Å². The van der Waals surface area contributed by atoms with E-state index in [1.165, 1.54) is 12.3 Å². The van der Waals surface area contributed by atoms with Gasteiger partial charge in [0.25, 0.3) is 0 Å². The average molecular weight is 348 g/mol. The van der Waals surface area contributed by atoms with Gasteiger partial charge in [0.2, 0.25) is 0 Å². The van der Waals surface area contributed by atoms with E-state index in [0.29, 0.717) is 13.0 Å². The number of hydrogen-bond acceptors (Lipinski definition) is 8. The van der Waals surface area contributed by atoms with Crippen LogP contribution in [-0.4, -0.2) is 51.1 Å². The molecule has 4 N–H and O–H groups in total. The van der Waals surface area contributed by atoms with E-state index in [-0.39, 0.29) is 5.82 Å². The third-order valence-electron chi connectivity index (χ3n) is 3.32. The molecule has 10 nitrogen and oxygen atoms in total. The molecule has 11 heteroatoms. The number of hydrogen-bond donors (Lipinski definition) is 3. The van der Waals surface area contributed by atoms with E-state index in [2.05, 4.69) is 4.98 Å². The highest BCUT2D eigenvalue weighted by atomic mass is 31.1. The molecule has 1 saturated heterocycles. The van der Waals surface area contributed by atoms with Gasteiger partial charge in [-0.25, -0.2) is 4.79 Å². The fourth-order valence-corrected chi connectivity index (χ4v) is 2.83. The van der Waals surface area contributed by atoms with Gasteiger partial charge in [0, 0.05) is 17.4 Å². The number of ether oxygens (including phenoxy) is 2. The predicted molar refractivity (Wildman–Crippen MR) is 78.6 cm³/mol. The first-order valence-electron chi connectivity index (χ1n) is 7.03. The Kier molecular flexibility index (Phi) is 6.17. The maximum atomic E-state index is 12.0. The van der Waals surface area contributed by atoms with Crippen LogP contribution >= 0.6 is 8.25 Å². The number of nitrogen functional groups attached to an aromatic ring is 1. The Bertz CT molecular complexity index is 611. The van der Waals surface area contributed by atoms with Gasteiger partial charge in [0.15, 0.2) is 12.3 Å².